The fourth-order valence-electron chi connectivity index (χ4n) is 2.98. The number of benzene rings is 2. The van der Waals surface area contributed by atoms with Crippen LogP contribution >= 0.6 is 11.8 Å². The van der Waals surface area contributed by atoms with E-state index in [-0.39, 0.29) is 28.5 Å². The third-order valence-electron chi connectivity index (χ3n) is 4.52. The molecule has 0 bridgehead atoms. The van der Waals surface area contributed by atoms with E-state index in [1.165, 1.54) is 44.2 Å². The molecule has 1 amide bonds. The number of nitrogens with zero attached hydrogens (tertiary/aromatic N) is 3. The third kappa shape index (κ3) is 5.14. The van der Waals surface area contributed by atoms with Crippen molar-refractivity contribution < 1.29 is 23.9 Å². The van der Waals surface area contributed by atoms with E-state index in [2.05, 4.69) is 15.5 Å². The highest BCUT2D eigenvalue weighted by Gasteiger charge is 2.19. The van der Waals surface area contributed by atoms with Crippen molar-refractivity contribution in [3.8, 4) is 11.4 Å². The lowest BCUT2D eigenvalue weighted by Crippen LogP contribution is -2.18. The molecular weight excluding hydrogens is 432 g/mol. The van der Waals surface area contributed by atoms with Crippen LogP contribution in [0.2, 0.25) is 0 Å². The van der Waals surface area contributed by atoms with E-state index < -0.39 is 11.9 Å². The molecule has 2 aromatic carbocycles. The maximum atomic E-state index is 12.6. The number of carbonyl (C=O) groups is 3. The Morgan fingerprint density at radius 3 is 2.38 bits per heavy atom. The maximum absolute atomic E-state index is 12.6. The number of anilines is 1. The summed E-state index contributed by atoms with van der Waals surface area (Å²) in [7, 11) is 2.49. The average Bonchev–Trinajstić information content (AvgIpc) is 3.25. The van der Waals surface area contributed by atoms with Gasteiger partial charge in [0.2, 0.25) is 5.91 Å². The minimum atomic E-state index is -0.636. The molecule has 32 heavy (non-hydrogen) atoms. The molecule has 0 aliphatic heterocycles. The first-order valence-electron chi connectivity index (χ1n) is 9.70. The van der Waals surface area contributed by atoms with Gasteiger partial charge in [0.25, 0.3) is 0 Å². The van der Waals surface area contributed by atoms with Crippen LogP contribution in [0.5, 0.6) is 0 Å². The standard InChI is InChI=1S/C22H22N4O5S/c1-4-26-19(14-8-6-5-7-9-14)24-25-22(26)32-13-18(27)23-17-12-15(20(28)30-2)10-11-16(17)21(29)31-3/h5-12H,4,13H2,1-3H3,(H,23,27). The van der Waals surface area contributed by atoms with E-state index in [1.54, 1.807) is 0 Å². The topological polar surface area (TPSA) is 112 Å². The molecule has 0 unspecified atom stereocenters. The highest BCUT2D eigenvalue weighted by molar-refractivity contribution is 7.99. The summed E-state index contributed by atoms with van der Waals surface area (Å²) in [4.78, 5) is 36.5. The summed E-state index contributed by atoms with van der Waals surface area (Å²) in [6.45, 7) is 2.61. The van der Waals surface area contributed by atoms with E-state index in [0.717, 1.165) is 11.4 Å². The van der Waals surface area contributed by atoms with Gasteiger partial charge in [-0.2, -0.15) is 0 Å². The molecule has 0 saturated heterocycles. The van der Waals surface area contributed by atoms with Gasteiger partial charge in [0.05, 0.1) is 36.8 Å². The van der Waals surface area contributed by atoms with Gasteiger partial charge in [-0.05, 0) is 25.1 Å². The minimum Gasteiger partial charge on any atom is -0.465 e. The maximum Gasteiger partial charge on any atom is 0.339 e. The lowest BCUT2D eigenvalue weighted by atomic mass is 10.1. The number of nitrogens with one attached hydrogen (secondary N) is 1. The Morgan fingerprint density at radius 1 is 1.00 bits per heavy atom. The summed E-state index contributed by atoms with van der Waals surface area (Å²) in [5.74, 6) is -0.863. The first kappa shape index (κ1) is 23.0. The number of thioether (sulfide) groups is 1. The van der Waals surface area contributed by atoms with Crippen LogP contribution in [0, 0.1) is 0 Å². The quantitative estimate of drug-likeness (QED) is 0.408. The molecule has 0 radical (unpaired) electrons. The van der Waals surface area contributed by atoms with Crippen molar-refractivity contribution in [2.75, 3.05) is 25.3 Å². The van der Waals surface area contributed by atoms with Crippen molar-refractivity contribution in [3.05, 3.63) is 59.7 Å². The number of hydrogen-bond acceptors (Lipinski definition) is 8. The van der Waals surface area contributed by atoms with Crippen molar-refractivity contribution in [1.29, 1.82) is 0 Å². The third-order valence-corrected chi connectivity index (χ3v) is 5.48. The fraction of sp³-hybridized carbons (Fsp3) is 0.227. The Morgan fingerprint density at radius 2 is 1.72 bits per heavy atom. The van der Waals surface area contributed by atoms with Crippen LogP contribution in [0.1, 0.15) is 27.6 Å². The number of ether oxygens (including phenoxy) is 2. The molecule has 166 valence electrons. The van der Waals surface area contributed by atoms with Gasteiger partial charge in [-0.3, -0.25) is 4.79 Å². The zero-order valence-electron chi connectivity index (χ0n) is 17.8. The molecule has 9 nitrogen and oxygen atoms in total. The van der Waals surface area contributed by atoms with Crippen LogP contribution in [0.15, 0.2) is 53.7 Å². The zero-order valence-corrected chi connectivity index (χ0v) is 18.6. The molecule has 1 N–H and O–H groups in total. The summed E-state index contributed by atoms with van der Waals surface area (Å²) in [6.07, 6.45) is 0. The smallest absolute Gasteiger partial charge is 0.339 e. The Bertz CT molecular complexity index is 1130. The van der Waals surface area contributed by atoms with Crippen molar-refractivity contribution in [2.45, 2.75) is 18.6 Å². The number of methoxy groups -OCH3 is 2. The highest BCUT2D eigenvalue weighted by Crippen LogP contribution is 2.25. The molecule has 1 heterocycles. The van der Waals surface area contributed by atoms with Crippen LogP contribution in [0.3, 0.4) is 0 Å². The first-order valence-corrected chi connectivity index (χ1v) is 10.7. The second-order valence-corrected chi connectivity index (χ2v) is 7.44. The van der Waals surface area contributed by atoms with Gasteiger partial charge in [-0.25, -0.2) is 9.59 Å². The first-order chi connectivity index (χ1) is 15.5. The van der Waals surface area contributed by atoms with E-state index in [4.69, 9.17) is 9.47 Å². The Balaban J connectivity index is 1.76. The van der Waals surface area contributed by atoms with E-state index in [0.29, 0.717) is 11.7 Å². The van der Waals surface area contributed by atoms with Gasteiger partial charge in [0, 0.05) is 12.1 Å². The molecule has 10 heteroatoms. The lowest BCUT2D eigenvalue weighted by molar-refractivity contribution is -0.113. The lowest BCUT2D eigenvalue weighted by Gasteiger charge is -2.11. The molecule has 0 saturated carbocycles. The molecule has 0 spiro atoms. The summed E-state index contributed by atoms with van der Waals surface area (Å²) in [5, 5.41) is 11.7. The van der Waals surface area contributed by atoms with Crippen LogP contribution in [0.25, 0.3) is 11.4 Å². The van der Waals surface area contributed by atoms with E-state index >= 15 is 0 Å². The Labute approximate surface area is 189 Å². The Kier molecular flexibility index (Phi) is 7.61. The number of aromatic nitrogens is 3. The summed E-state index contributed by atoms with van der Waals surface area (Å²) >= 11 is 1.22. The predicted octanol–water partition coefficient (Wildman–Crippen LogP) is 3.27. The number of amides is 1. The number of carbonyl (C=O) groups excluding carboxylic acids is 3. The second kappa shape index (κ2) is 10.6. The van der Waals surface area contributed by atoms with Crippen molar-refractivity contribution >= 4 is 35.3 Å². The van der Waals surface area contributed by atoms with Crippen LogP contribution in [-0.2, 0) is 20.8 Å². The highest BCUT2D eigenvalue weighted by atomic mass is 32.2. The molecule has 0 atom stereocenters. The number of esters is 2. The number of hydrogen-bond donors (Lipinski definition) is 1. The largest absolute Gasteiger partial charge is 0.465 e. The molecule has 0 aliphatic carbocycles. The van der Waals surface area contributed by atoms with E-state index in [1.807, 2.05) is 41.8 Å². The molecule has 0 aliphatic rings. The normalized spacial score (nSPS) is 10.5. The van der Waals surface area contributed by atoms with Crippen LogP contribution < -0.4 is 5.32 Å². The fourth-order valence-corrected chi connectivity index (χ4v) is 3.78. The van der Waals surface area contributed by atoms with E-state index in [9.17, 15) is 14.4 Å². The monoisotopic (exact) mass is 454 g/mol. The predicted molar refractivity (Wildman–Crippen MR) is 120 cm³/mol. The van der Waals surface area contributed by atoms with Gasteiger partial charge in [0.1, 0.15) is 0 Å². The Hall–Kier alpha value is -3.66. The molecule has 1 aromatic heterocycles. The minimum absolute atomic E-state index is 0.0238. The summed E-state index contributed by atoms with van der Waals surface area (Å²) in [6, 6.07) is 13.9. The van der Waals surface area contributed by atoms with Gasteiger partial charge in [-0.1, -0.05) is 42.1 Å². The van der Waals surface area contributed by atoms with Crippen molar-refractivity contribution in [2.24, 2.45) is 0 Å². The van der Waals surface area contributed by atoms with Crippen molar-refractivity contribution in [3.63, 3.8) is 0 Å². The molecule has 3 aromatic rings. The molecule has 0 fully saturated rings. The van der Waals surface area contributed by atoms with Crippen LogP contribution in [-0.4, -0.2) is 52.6 Å². The van der Waals surface area contributed by atoms with Gasteiger partial charge in [-0.15, -0.1) is 10.2 Å². The van der Waals surface area contributed by atoms with Gasteiger partial charge in [0.15, 0.2) is 11.0 Å². The van der Waals surface area contributed by atoms with Gasteiger partial charge < -0.3 is 19.4 Å². The summed E-state index contributed by atoms with van der Waals surface area (Å²) in [5.41, 5.74) is 1.41. The van der Waals surface area contributed by atoms with Gasteiger partial charge >= 0.3 is 11.9 Å². The average molecular weight is 455 g/mol. The zero-order chi connectivity index (χ0) is 23.1. The number of rotatable bonds is 8. The molecular formula is C22H22N4O5S. The molecule has 3 rings (SSSR count). The SMILES string of the molecule is CCn1c(SCC(=O)Nc2cc(C(=O)OC)ccc2C(=O)OC)nnc1-c1ccccc1. The second-order valence-electron chi connectivity index (χ2n) is 6.50. The van der Waals surface area contributed by atoms with Crippen molar-refractivity contribution in [1.82, 2.24) is 14.8 Å². The summed E-state index contributed by atoms with van der Waals surface area (Å²) < 4.78 is 11.4. The van der Waals surface area contributed by atoms with Crippen LogP contribution in [0.4, 0.5) is 5.69 Å².